The van der Waals surface area contributed by atoms with Crippen LogP contribution in [0, 0.1) is 12.7 Å². The highest BCUT2D eigenvalue weighted by Gasteiger charge is 2.14. The highest BCUT2D eigenvalue weighted by Crippen LogP contribution is 2.18. The average Bonchev–Trinajstić information content (AvgIpc) is 2.40. The molecule has 0 aliphatic carbocycles. The summed E-state index contributed by atoms with van der Waals surface area (Å²) in [5.41, 5.74) is 1.80. The number of hydrogen-bond donors (Lipinski definition) is 2. The molecule has 0 atom stereocenters. The van der Waals surface area contributed by atoms with Gasteiger partial charge in [0.15, 0.2) is 0 Å². The van der Waals surface area contributed by atoms with Gasteiger partial charge in [-0.15, -0.1) is 0 Å². The number of ether oxygens (including phenoxy) is 1. The molecule has 6 heteroatoms. The fourth-order valence-electron chi connectivity index (χ4n) is 1.82. The standard InChI is InChI=1S/C14H13BClFO3/c1-9-6-11(3-4-12(9)15(18)19)20-8-10-2-5-13(16)14(17)7-10/h2-7,18-19H,8H2,1H3. The fraction of sp³-hybridized carbons (Fsp3) is 0.143. The van der Waals surface area contributed by atoms with Crippen LogP contribution in [0.15, 0.2) is 36.4 Å². The molecule has 0 saturated carbocycles. The second kappa shape index (κ2) is 6.26. The maximum atomic E-state index is 13.3. The van der Waals surface area contributed by atoms with E-state index < -0.39 is 12.9 Å². The van der Waals surface area contributed by atoms with Crippen molar-refractivity contribution < 1.29 is 19.2 Å². The molecule has 104 valence electrons. The van der Waals surface area contributed by atoms with Gasteiger partial charge in [-0.1, -0.05) is 23.7 Å². The van der Waals surface area contributed by atoms with E-state index >= 15 is 0 Å². The minimum Gasteiger partial charge on any atom is -0.489 e. The quantitative estimate of drug-likeness (QED) is 0.849. The largest absolute Gasteiger partial charge is 0.489 e. The van der Waals surface area contributed by atoms with E-state index in [-0.39, 0.29) is 11.6 Å². The van der Waals surface area contributed by atoms with Crippen LogP contribution in [-0.4, -0.2) is 17.2 Å². The zero-order chi connectivity index (χ0) is 14.7. The Morgan fingerprint density at radius 2 is 1.95 bits per heavy atom. The number of halogens is 2. The fourth-order valence-corrected chi connectivity index (χ4v) is 1.94. The van der Waals surface area contributed by atoms with Crippen molar-refractivity contribution in [2.24, 2.45) is 0 Å². The lowest BCUT2D eigenvalue weighted by Crippen LogP contribution is -2.31. The van der Waals surface area contributed by atoms with E-state index in [1.165, 1.54) is 12.1 Å². The van der Waals surface area contributed by atoms with Crippen molar-refractivity contribution in [2.75, 3.05) is 0 Å². The first-order valence-corrected chi connectivity index (χ1v) is 6.38. The average molecular weight is 295 g/mol. The number of rotatable bonds is 4. The van der Waals surface area contributed by atoms with Crippen LogP contribution in [0.1, 0.15) is 11.1 Å². The molecule has 0 amide bonds. The van der Waals surface area contributed by atoms with Crippen molar-refractivity contribution in [3.63, 3.8) is 0 Å². The predicted molar refractivity (Wildman–Crippen MR) is 76.7 cm³/mol. The Bertz CT molecular complexity index is 619. The molecule has 0 radical (unpaired) electrons. The molecule has 2 N–H and O–H groups in total. The van der Waals surface area contributed by atoms with Crippen LogP contribution in [-0.2, 0) is 6.61 Å². The molecular weight excluding hydrogens is 281 g/mol. The molecule has 2 rings (SSSR count). The Hall–Kier alpha value is -1.56. The van der Waals surface area contributed by atoms with Crippen LogP contribution >= 0.6 is 11.6 Å². The minimum absolute atomic E-state index is 0.0749. The van der Waals surface area contributed by atoms with Gasteiger partial charge in [0.05, 0.1) is 5.02 Å². The van der Waals surface area contributed by atoms with Crippen molar-refractivity contribution in [1.82, 2.24) is 0 Å². The van der Waals surface area contributed by atoms with E-state index in [9.17, 15) is 4.39 Å². The molecular formula is C14H13BClFO3. The molecule has 0 heterocycles. The lowest BCUT2D eigenvalue weighted by Gasteiger charge is -2.10. The first-order valence-electron chi connectivity index (χ1n) is 6.01. The Kier molecular flexibility index (Phi) is 4.65. The minimum atomic E-state index is -1.51. The van der Waals surface area contributed by atoms with Crippen LogP contribution in [0.3, 0.4) is 0 Å². The van der Waals surface area contributed by atoms with Crippen molar-refractivity contribution in [3.8, 4) is 5.75 Å². The Balaban J connectivity index is 2.07. The van der Waals surface area contributed by atoms with Gasteiger partial charge in [0.2, 0.25) is 0 Å². The van der Waals surface area contributed by atoms with E-state index in [0.29, 0.717) is 22.3 Å². The second-order valence-electron chi connectivity index (χ2n) is 4.43. The smallest absolute Gasteiger partial charge is 0.488 e. The molecule has 3 nitrogen and oxygen atoms in total. The van der Waals surface area contributed by atoms with Gasteiger partial charge in [-0.05, 0) is 47.8 Å². The molecule has 0 spiro atoms. The van der Waals surface area contributed by atoms with Gasteiger partial charge in [-0.25, -0.2) is 4.39 Å². The van der Waals surface area contributed by atoms with Gasteiger partial charge < -0.3 is 14.8 Å². The molecule has 0 fully saturated rings. The number of hydrogen-bond acceptors (Lipinski definition) is 3. The van der Waals surface area contributed by atoms with Gasteiger partial charge in [0.1, 0.15) is 18.2 Å². The van der Waals surface area contributed by atoms with Gasteiger partial charge in [-0.3, -0.25) is 0 Å². The topological polar surface area (TPSA) is 49.7 Å². The van der Waals surface area contributed by atoms with Crippen molar-refractivity contribution >= 4 is 24.2 Å². The lowest BCUT2D eigenvalue weighted by atomic mass is 9.77. The van der Waals surface area contributed by atoms with Crippen molar-refractivity contribution in [3.05, 3.63) is 58.4 Å². The van der Waals surface area contributed by atoms with E-state index in [2.05, 4.69) is 0 Å². The van der Waals surface area contributed by atoms with Crippen molar-refractivity contribution in [1.29, 1.82) is 0 Å². The molecule has 0 aromatic heterocycles. The molecule has 2 aromatic rings. The van der Waals surface area contributed by atoms with Gasteiger partial charge in [0, 0.05) is 0 Å². The first kappa shape index (κ1) is 14.8. The second-order valence-corrected chi connectivity index (χ2v) is 4.84. The molecule has 20 heavy (non-hydrogen) atoms. The van der Waals surface area contributed by atoms with Gasteiger partial charge >= 0.3 is 7.12 Å². The number of aryl methyl sites for hydroxylation is 1. The summed E-state index contributed by atoms with van der Waals surface area (Å²) in [6, 6.07) is 9.39. The van der Waals surface area contributed by atoms with E-state index in [4.69, 9.17) is 26.4 Å². The van der Waals surface area contributed by atoms with E-state index in [0.717, 1.165) is 0 Å². The number of benzene rings is 2. The summed E-state index contributed by atoms with van der Waals surface area (Å²) in [4.78, 5) is 0. The van der Waals surface area contributed by atoms with Crippen LogP contribution in [0.5, 0.6) is 5.75 Å². The molecule has 0 aliphatic heterocycles. The van der Waals surface area contributed by atoms with Crippen LogP contribution < -0.4 is 10.2 Å². The summed E-state index contributed by atoms with van der Waals surface area (Å²) in [6.07, 6.45) is 0. The van der Waals surface area contributed by atoms with Gasteiger partial charge in [0.25, 0.3) is 0 Å². The normalized spacial score (nSPS) is 10.4. The highest BCUT2D eigenvalue weighted by atomic mass is 35.5. The van der Waals surface area contributed by atoms with E-state index in [1.54, 1.807) is 31.2 Å². The summed E-state index contributed by atoms with van der Waals surface area (Å²) >= 11 is 5.60. The van der Waals surface area contributed by atoms with Crippen LogP contribution in [0.4, 0.5) is 4.39 Å². The Labute approximate surface area is 121 Å². The predicted octanol–water partition coefficient (Wildman–Crippen LogP) is 2.05. The van der Waals surface area contributed by atoms with Crippen molar-refractivity contribution in [2.45, 2.75) is 13.5 Å². The molecule has 0 aliphatic rings. The zero-order valence-electron chi connectivity index (χ0n) is 10.8. The first-order chi connectivity index (χ1) is 9.47. The summed E-state index contributed by atoms with van der Waals surface area (Å²) in [6.45, 7) is 1.96. The third-order valence-electron chi connectivity index (χ3n) is 2.91. The Morgan fingerprint density at radius 3 is 2.55 bits per heavy atom. The maximum Gasteiger partial charge on any atom is 0.488 e. The van der Waals surface area contributed by atoms with Gasteiger partial charge in [-0.2, -0.15) is 0 Å². The third kappa shape index (κ3) is 3.51. The lowest BCUT2D eigenvalue weighted by molar-refractivity contribution is 0.305. The summed E-state index contributed by atoms with van der Waals surface area (Å²) in [7, 11) is -1.51. The summed E-state index contributed by atoms with van der Waals surface area (Å²) in [5.74, 6) is 0.0879. The molecule has 0 saturated heterocycles. The Morgan fingerprint density at radius 1 is 1.20 bits per heavy atom. The third-order valence-corrected chi connectivity index (χ3v) is 3.22. The van der Waals surface area contributed by atoms with E-state index in [1.807, 2.05) is 0 Å². The van der Waals surface area contributed by atoms with Crippen LogP contribution in [0.25, 0.3) is 0 Å². The SMILES string of the molecule is Cc1cc(OCc2ccc(Cl)c(F)c2)ccc1B(O)O. The summed E-state index contributed by atoms with van der Waals surface area (Å²) in [5, 5.41) is 18.3. The highest BCUT2D eigenvalue weighted by molar-refractivity contribution is 6.59. The van der Waals surface area contributed by atoms with Crippen LogP contribution in [0.2, 0.25) is 5.02 Å². The molecule has 2 aromatic carbocycles. The molecule has 0 unspecified atom stereocenters. The maximum absolute atomic E-state index is 13.3. The molecule has 0 bridgehead atoms. The summed E-state index contributed by atoms with van der Waals surface area (Å²) < 4.78 is 18.8. The zero-order valence-corrected chi connectivity index (χ0v) is 11.6. The monoisotopic (exact) mass is 294 g/mol.